The Labute approximate surface area is 119 Å². The monoisotopic (exact) mass is 259 g/mol. The van der Waals surface area contributed by atoms with E-state index in [2.05, 4.69) is 84.6 Å². The first-order chi connectivity index (χ1) is 8.50. The van der Waals surface area contributed by atoms with Crippen LogP contribution in [-0.4, -0.2) is 5.54 Å². The minimum Gasteiger partial charge on any atom is -0.302 e. The Morgan fingerprint density at radius 3 is 1.79 bits per heavy atom. The summed E-state index contributed by atoms with van der Waals surface area (Å²) in [6.07, 6.45) is 0. The third kappa shape index (κ3) is 4.83. The van der Waals surface area contributed by atoms with Crippen molar-refractivity contribution in [3.63, 3.8) is 0 Å². The van der Waals surface area contributed by atoms with Crippen molar-refractivity contribution >= 4 is 0 Å². The summed E-state index contributed by atoms with van der Waals surface area (Å²) >= 11 is 0. The van der Waals surface area contributed by atoms with Gasteiger partial charge in [-0.05, 0) is 44.2 Å². The zero-order chi connectivity index (χ0) is 14.8. The highest BCUT2D eigenvalue weighted by molar-refractivity contribution is 5.32. The molecule has 0 aliphatic rings. The van der Waals surface area contributed by atoms with Crippen molar-refractivity contribution in [3.8, 4) is 0 Å². The first kappa shape index (κ1) is 16.0. The molecule has 0 aromatic heterocycles. The number of hydrogen-bond donors (Lipinski definition) is 1. The smallest absolute Gasteiger partial charge is 0.0534 e. The number of rotatable bonds is 3. The second-order valence-electron chi connectivity index (χ2n) is 7.55. The maximum absolute atomic E-state index is 4.12. The van der Waals surface area contributed by atoms with Crippen molar-refractivity contribution in [1.82, 2.24) is 5.32 Å². The van der Waals surface area contributed by atoms with Crippen molar-refractivity contribution in [2.24, 2.45) is 0 Å². The van der Waals surface area contributed by atoms with Gasteiger partial charge in [0.2, 0.25) is 0 Å². The lowest BCUT2D eigenvalue weighted by Gasteiger charge is -2.30. The standard InChI is InChI=1S/C18H29N/c1-13(2)16(19-18(6,7)8)14-9-11-15(12-10-14)17(3,4)5/h9-12,16,19H,1H2,2-8H3. The molecule has 0 spiro atoms. The molecule has 0 amide bonds. The van der Waals surface area contributed by atoms with Crippen LogP contribution < -0.4 is 5.32 Å². The third-order valence-electron chi connectivity index (χ3n) is 3.18. The van der Waals surface area contributed by atoms with Gasteiger partial charge >= 0.3 is 0 Å². The molecule has 1 unspecified atom stereocenters. The molecule has 0 heterocycles. The summed E-state index contributed by atoms with van der Waals surface area (Å²) in [5.41, 5.74) is 4.09. The fourth-order valence-electron chi connectivity index (χ4n) is 2.10. The Bertz CT molecular complexity index is 426. The molecule has 0 saturated carbocycles. The van der Waals surface area contributed by atoms with Gasteiger partial charge in [-0.25, -0.2) is 0 Å². The molecule has 1 nitrogen and oxygen atoms in total. The van der Waals surface area contributed by atoms with Gasteiger partial charge in [-0.3, -0.25) is 0 Å². The summed E-state index contributed by atoms with van der Waals surface area (Å²) in [5, 5.41) is 3.63. The second-order valence-corrected chi connectivity index (χ2v) is 7.55. The van der Waals surface area contributed by atoms with Crippen LogP contribution in [0.5, 0.6) is 0 Å². The van der Waals surface area contributed by atoms with Crippen LogP contribution in [-0.2, 0) is 5.41 Å². The Kier molecular flexibility index (Phi) is 4.63. The lowest BCUT2D eigenvalue weighted by molar-refractivity contribution is 0.388. The van der Waals surface area contributed by atoms with E-state index in [-0.39, 0.29) is 17.0 Å². The zero-order valence-corrected chi connectivity index (χ0v) is 13.6. The van der Waals surface area contributed by atoms with Crippen LogP contribution in [0.4, 0.5) is 0 Å². The lowest BCUT2D eigenvalue weighted by Crippen LogP contribution is -2.39. The topological polar surface area (TPSA) is 12.0 Å². The first-order valence-corrected chi connectivity index (χ1v) is 7.04. The molecule has 0 aliphatic carbocycles. The molecule has 1 N–H and O–H groups in total. The molecule has 19 heavy (non-hydrogen) atoms. The fourth-order valence-corrected chi connectivity index (χ4v) is 2.10. The minimum absolute atomic E-state index is 0.0757. The summed E-state index contributed by atoms with van der Waals surface area (Å²) < 4.78 is 0. The van der Waals surface area contributed by atoms with Gasteiger partial charge in [0.1, 0.15) is 0 Å². The highest BCUT2D eigenvalue weighted by Crippen LogP contribution is 2.27. The summed E-state index contributed by atoms with van der Waals surface area (Å²) in [5.74, 6) is 0. The number of benzene rings is 1. The molecular weight excluding hydrogens is 230 g/mol. The molecule has 1 atom stereocenters. The van der Waals surface area contributed by atoms with Crippen molar-refractivity contribution in [3.05, 3.63) is 47.5 Å². The van der Waals surface area contributed by atoms with E-state index in [4.69, 9.17) is 0 Å². The van der Waals surface area contributed by atoms with Gasteiger partial charge in [0.05, 0.1) is 6.04 Å². The van der Waals surface area contributed by atoms with E-state index in [9.17, 15) is 0 Å². The van der Waals surface area contributed by atoms with Gasteiger partial charge in [-0.2, -0.15) is 0 Å². The normalized spacial score (nSPS) is 14.3. The Morgan fingerprint density at radius 1 is 1.00 bits per heavy atom. The van der Waals surface area contributed by atoms with Crippen LogP contribution >= 0.6 is 0 Å². The average molecular weight is 259 g/mol. The molecule has 1 aromatic rings. The maximum Gasteiger partial charge on any atom is 0.0534 e. The molecule has 0 aliphatic heterocycles. The third-order valence-corrected chi connectivity index (χ3v) is 3.18. The van der Waals surface area contributed by atoms with E-state index in [1.165, 1.54) is 11.1 Å². The SMILES string of the molecule is C=C(C)C(NC(C)(C)C)c1ccc(C(C)(C)C)cc1. The minimum atomic E-state index is 0.0757. The van der Waals surface area contributed by atoms with Crippen molar-refractivity contribution in [2.45, 2.75) is 65.5 Å². The van der Waals surface area contributed by atoms with Gasteiger partial charge in [0, 0.05) is 5.54 Å². The Balaban J connectivity index is 3.02. The molecule has 0 bridgehead atoms. The predicted octanol–water partition coefficient (Wildman–Crippen LogP) is 4.99. The molecule has 106 valence electrons. The van der Waals surface area contributed by atoms with Crippen LogP contribution in [0.15, 0.2) is 36.4 Å². The second kappa shape index (κ2) is 5.50. The Hall–Kier alpha value is -1.08. The van der Waals surface area contributed by atoms with Crippen LogP contribution in [0.25, 0.3) is 0 Å². The van der Waals surface area contributed by atoms with Crippen molar-refractivity contribution in [2.75, 3.05) is 0 Å². The van der Waals surface area contributed by atoms with Crippen LogP contribution in [0, 0.1) is 0 Å². The highest BCUT2D eigenvalue weighted by atomic mass is 15.0. The van der Waals surface area contributed by atoms with E-state index in [1.807, 2.05) is 0 Å². The van der Waals surface area contributed by atoms with Gasteiger partial charge in [0.25, 0.3) is 0 Å². The largest absolute Gasteiger partial charge is 0.302 e. The summed E-state index contributed by atoms with van der Waals surface area (Å²) in [6.45, 7) is 19.5. The summed E-state index contributed by atoms with van der Waals surface area (Å²) in [4.78, 5) is 0. The molecule has 1 heteroatoms. The number of nitrogens with one attached hydrogen (secondary N) is 1. The van der Waals surface area contributed by atoms with Crippen molar-refractivity contribution in [1.29, 1.82) is 0 Å². The highest BCUT2D eigenvalue weighted by Gasteiger charge is 2.20. The molecule has 1 aromatic carbocycles. The van der Waals surface area contributed by atoms with E-state index in [0.717, 1.165) is 5.57 Å². The molecule has 1 rings (SSSR count). The molecule has 0 saturated heterocycles. The summed E-state index contributed by atoms with van der Waals surface area (Å²) in [6, 6.07) is 9.12. The average Bonchev–Trinajstić information content (AvgIpc) is 2.23. The van der Waals surface area contributed by atoms with E-state index < -0.39 is 0 Å². The predicted molar refractivity (Wildman–Crippen MR) is 85.6 cm³/mol. The van der Waals surface area contributed by atoms with Crippen LogP contribution in [0.1, 0.15) is 65.6 Å². The zero-order valence-electron chi connectivity index (χ0n) is 13.6. The van der Waals surface area contributed by atoms with Crippen molar-refractivity contribution < 1.29 is 0 Å². The summed E-state index contributed by atoms with van der Waals surface area (Å²) in [7, 11) is 0. The molecule has 0 radical (unpaired) electrons. The molecule has 0 fully saturated rings. The van der Waals surface area contributed by atoms with E-state index >= 15 is 0 Å². The van der Waals surface area contributed by atoms with Gasteiger partial charge in [-0.15, -0.1) is 0 Å². The van der Waals surface area contributed by atoms with Crippen LogP contribution in [0.3, 0.4) is 0 Å². The van der Waals surface area contributed by atoms with Crippen LogP contribution in [0.2, 0.25) is 0 Å². The fraction of sp³-hybridized carbons (Fsp3) is 0.556. The van der Waals surface area contributed by atoms with E-state index in [1.54, 1.807) is 0 Å². The van der Waals surface area contributed by atoms with Gasteiger partial charge < -0.3 is 5.32 Å². The quantitative estimate of drug-likeness (QED) is 0.754. The lowest BCUT2D eigenvalue weighted by atomic mass is 9.85. The first-order valence-electron chi connectivity index (χ1n) is 7.04. The Morgan fingerprint density at radius 2 is 1.47 bits per heavy atom. The maximum atomic E-state index is 4.12. The van der Waals surface area contributed by atoms with E-state index in [0.29, 0.717) is 0 Å². The van der Waals surface area contributed by atoms with Gasteiger partial charge in [-0.1, -0.05) is 57.2 Å². The molecular formula is C18H29N. The van der Waals surface area contributed by atoms with Gasteiger partial charge in [0.15, 0.2) is 0 Å². The number of hydrogen-bond acceptors (Lipinski definition) is 1.